The Hall–Kier alpha value is -1.44. The van der Waals surface area contributed by atoms with Gasteiger partial charge in [-0.15, -0.1) is 0 Å². The second-order valence-electron chi connectivity index (χ2n) is 5.38. The van der Waals surface area contributed by atoms with Crippen LogP contribution in [0.15, 0.2) is 24.3 Å². The molecular formula is C15H22N2O4S. The van der Waals surface area contributed by atoms with Gasteiger partial charge in [-0.2, -0.15) is 0 Å². The fraction of sp³-hybridized carbons (Fsp3) is 0.533. The number of hydrogen-bond acceptors (Lipinski definition) is 4. The van der Waals surface area contributed by atoms with Crippen LogP contribution in [-0.2, 0) is 26.0 Å². The van der Waals surface area contributed by atoms with Gasteiger partial charge >= 0.3 is 0 Å². The van der Waals surface area contributed by atoms with Crippen molar-refractivity contribution in [1.82, 2.24) is 10.0 Å². The molecular weight excluding hydrogens is 304 g/mol. The first-order chi connectivity index (χ1) is 10.4. The van der Waals surface area contributed by atoms with E-state index in [0.717, 1.165) is 11.1 Å². The number of likely N-dealkylation sites (N-methyl/N-ethyl adjacent to an activating group) is 1. The van der Waals surface area contributed by atoms with Crippen LogP contribution in [0.1, 0.15) is 31.1 Å². The van der Waals surface area contributed by atoms with Crippen LogP contribution in [-0.4, -0.2) is 39.3 Å². The summed E-state index contributed by atoms with van der Waals surface area (Å²) in [6.07, 6.45) is -0.137. The van der Waals surface area contributed by atoms with Crippen LogP contribution in [0.25, 0.3) is 0 Å². The van der Waals surface area contributed by atoms with E-state index in [0.29, 0.717) is 13.0 Å². The zero-order valence-electron chi connectivity index (χ0n) is 13.0. The molecule has 0 saturated heterocycles. The molecule has 22 heavy (non-hydrogen) atoms. The van der Waals surface area contributed by atoms with Gasteiger partial charge in [0.15, 0.2) is 0 Å². The summed E-state index contributed by atoms with van der Waals surface area (Å²) < 4.78 is 33.1. The van der Waals surface area contributed by atoms with Crippen molar-refractivity contribution >= 4 is 15.9 Å². The highest BCUT2D eigenvalue weighted by atomic mass is 32.2. The first kappa shape index (κ1) is 16.9. The number of rotatable bonds is 6. The van der Waals surface area contributed by atoms with Gasteiger partial charge in [0.25, 0.3) is 0 Å². The lowest BCUT2D eigenvalue weighted by molar-refractivity contribution is -0.122. The summed E-state index contributed by atoms with van der Waals surface area (Å²) in [6, 6.07) is 6.72. The number of benzene rings is 1. The van der Waals surface area contributed by atoms with Crippen LogP contribution in [0, 0.1) is 0 Å². The van der Waals surface area contributed by atoms with Gasteiger partial charge in [0.1, 0.15) is 11.4 Å². The standard InChI is InChI=1S/C15H22N2O4S/c1-4-16-15(18)10(2)17-22(19,20)13-9-11-7-5-6-8-12(11)14(13)21-3/h5-8,10,13-14,17H,4,9H2,1-3H3,(H,16,18)/t10?,13-,14+/m1/s1. The lowest BCUT2D eigenvalue weighted by Gasteiger charge is -2.22. The Morgan fingerprint density at radius 2 is 2.09 bits per heavy atom. The highest BCUT2D eigenvalue weighted by molar-refractivity contribution is 7.90. The minimum Gasteiger partial charge on any atom is -0.375 e. The van der Waals surface area contributed by atoms with Gasteiger partial charge in [0, 0.05) is 13.7 Å². The Morgan fingerprint density at radius 1 is 1.41 bits per heavy atom. The number of sulfonamides is 1. The molecule has 1 unspecified atom stereocenters. The number of carbonyl (C=O) groups is 1. The van der Waals surface area contributed by atoms with E-state index in [1.54, 1.807) is 6.92 Å². The molecule has 0 bridgehead atoms. The number of ether oxygens (including phenoxy) is 1. The topological polar surface area (TPSA) is 84.5 Å². The normalized spacial score (nSPS) is 22.1. The third-order valence-electron chi connectivity index (χ3n) is 3.86. The third-order valence-corrected chi connectivity index (χ3v) is 5.75. The van der Waals surface area contributed by atoms with Crippen molar-refractivity contribution in [2.45, 2.75) is 37.7 Å². The van der Waals surface area contributed by atoms with Gasteiger partial charge in [-0.05, 0) is 31.4 Å². The van der Waals surface area contributed by atoms with Gasteiger partial charge in [-0.1, -0.05) is 24.3 Å². The molecule has 0 aliphatic heterocycles. The van der Waals surface area contributed by atoms with E-state index in [-0.39, 0.29) is 5.91 Å². The number of fused-ring (bicyclic) bond motifs is 1. The smallest absolute Gasteiger partial charge is 0.237 e. The summed E-state index contributed by atoms with van der Waals surface area (Å²) in [5.74, 6) is -0.337. The van der Waals surface area contributed by atoms with E-state index in [9.17, 15) is 13.2 Å². The summed E-state index contributed by atoms with van der Waals surface area (Å²) in [7, 11) is -2.18. The summed E-state index contributed by atoms with van der Waals surface area (Å²) in [4.78, 5) is 11.7. The monoisotopic (exact) mass is 326 g/mol. The quantitative estimate of drug-likeness (QED) is 0.808. The molecule has 2 rings (SSSR count). The summed E-state index contributed by atoms with van der Waals surface area (Å²) in [6.45, 7) is 3.78. The van der Waals surface area contributed by atoms with E-state index in [4.69, 9.17) is 4.74 Å². The van der Waals surface area contributed by atoms with E-state index in [2.05, 4.69) is 10.0 Å². The van der Waals surface area contributed by atoms with Crippen LogP contribution in [0.5, 0.6) is 0 Å². The maximum atomic E-state index is 12.6. The Balaban J connectivity index is 2.19. The van der Waals surface area contributed by atoms with Crippen LogP contribution in [0.4, 0.5) is 0 Å². The van der Waals surface area contributed by atoms with Crippen molar-refractivity contribution in [2.75, 3.05) is 13.7 Å². The molecule has 0 spiro atoms. The highest BCUT2D eigenvalue weighted by Gasteiger charge is 2.42. The van der Waals surface area contributed by atoms with Crippen molar-refractivity contribution in [3.8, 4) is 0 Å². The first-order valence-electron chi connectivity index (χ1n) is 7.30. The molecule has 6 nitrogen and oxygen atoms in total. The van der Waals surface area contributed by atoms with Crippen molar-refractivity contribution in [3.63, 3.8) is 0 Å². The molecule has 2 N–H and O–H groups in total. The van der Waals surface area contributed by atoms with Crippen molar-refractivity contribution in [2.24, 2.45) is 0 Å². The molecule has 122 valence electrons. The largest absolute Gasteiger partial charge is 0.375 e. The summed E-state index contributed by atoms with van der Waals surface area (Å²) in [5, 5.41) is 1.87. The Bertz CT molecular complexity index is 645. The summed E-state index contributed by atoms with van der Waals surface area (Å²) in [5.41, 5.74) is 1.86. The van der Waals surface area contributed by atoms with Crippen LogP contribution in [0.2, 0.25) is 0 Å². The van der Waals surface area contributed by atoms with Gasteiger partial charge in [-0.25, -0.2) is 13.1 Å². The zero-order valence-corrected chi connectivity index (χ0v) is 13.8. The fourth-order valence-electron chi connectivity index (χ4n) is 2.79. The van der Waals surface area contributed by atoms with Crippen LogP contribution in [0.3, 0.4) is 0 Å². The molecule has 0 radical (unpaired) electrons. The number of nitrogens with one attached hydrogen (secondary N) is 2. The SMILES string of the molecule is CCNC(=O)C(C)NS(=O)(=O)[C@@H]1Cc2ccccc2[C@@H]1OC. The predicted octanol–water partition coefficient (Wildman–Crippen LogP) is 0.743. The molecule has 3 atom stereocenters. The predicted molar refractivity (Wildman–Crippen MR) is 83.9 cm³/mol. The molecule has 1 aliphatic rings. The molecule has 1 aliphatic carbocycles. The van der Waals surface area contributed by atoms with Gasteiger partial charge in [0.2, 0.25) is 15.9 Å². The zero-order chi connectivity index (χ0) is 16.3. The second kappa shape index (κ2) is 6.76. The van der Waals surface area contributed by atoms with Crippen molar-refractivity contribution in [1.29, 1.82) is 0 Å². The average Bonchev–Trinajstić information content (AvgIpc) is 2.86. The van der Waals surface area contributed by atoms with Crippen molar-refractivity contribution < 1.29 is 17.9 Å². The first-order valence-corrected chi connectivity index (χ1v) is 8.84. The van der Waals surface area contributed by atoms with E-state index >= 15 is 0 Å². The molecule has 1 aromatic rings. The van der Waals surface area contributed by atoms with E-state index < -0.39 is 27.4 Å². The molecule has 0 fully saturated rings. The highest BCUT2D eigenvalue weighted by Crippen LogP contribution is 2.37. The fourth-order valence-corrected chi connectivity index (χ4v) is 4.54. The van der Waals surface area contributed by atoms with Crippen LogP contribution >= 0.6 is 0 Å². The number of amides is 1. The Kier molecular flexibility index (Phi) is 5.20. The number of carbonyl (C=O) groups excluding carboxylic acids is 1. The molecule has 1 aromatic carbocycles. The second-order valence-corrected chi connectivity index (χ2v) is 7.31. The molecule has 1 amide bonds. The van der Waals surface area contributed by atoms with Gasteiger partial charge < -0.3 is 10.1 Å². The molecule has 7 heteroatoms. The minimum atomic E-state index is -3.69. The Morgan fingerprint density at radius 3 is 2.73 bits per heavy atom. The van der Waals surface area contributed by atoms with Gasteiger partial charge in [0.05, 0.1) is 6.04 Å². The lowest BCUT2D eigenvalue weighted by atomic mass is 10.1. The molecule has 0 heterocycles. The van der Waals surface area contributed by atoms with E-state index in [1.165, 1.54) is 14.0 Å². The number of methoxy groups -OCH3 is 1. The minimum absolute atomic E-state index is 0.337. The van der Waals surface area contributed by atoms with Crippen LogP contribution < -0.4 is 10.0 Å². The average molecular weight is 326 g/mol. The number of hydrogen-bond donors (Lipinski definition) is 2. The lowest BCUT2D eigenvalue weighted by Crippen LogP contribution is -2.48. The summed E-state index contributed by atoms with van der Waals surface area (Å²) >= 11 is 0. The Labute approximate surface area is 131 Å². The van der Waals surface area contributed by atoms with Gasteiger partial charge in [-0.3, -0.25) is 4.79 Å². The maximum absolute atomic E-state index is 12.6. The third kappa shape index (κ3) is 3.31. The van der Waals surface area contributed by atoms with E-state index in [1.807, 2.05) is 24.3 Å². The van der Waals surface area contributed by atoms with Crippen molar-refractivity contribution in [3.05, 3.63) is 35.4 Å². The molecule has 0 aromatic heterocycles. The maximum Gasteiger partial charge on any atom is 0.237 e. The molecule has 0 saturated carbocycles.